The van der Waals surface area contributed by atoms with Gasteiger partial charge in [-0.25, -0.2) is 0 Å². The summed E-state index contributed by atoms with van der Waals surface area (Å²) in [6, 6.07) is 16.2. The van der Waals surface area contributed by atoms with Crippen molar-refractivity contribution in [1.82, 2.24) is 10.6 Å². The summed E-state index contributed by atoms with van der Waals surface area (Å²) in [6.45, 7) is 0.389. The first-order valence-electron chi connectivity index (χ1n) is 8.23. The van der Waals surface area contributed by atoms with Gasteiger partial charge in [0.15, 0.2) is 5.11 Å². The first kappa shape index (κ1) is 19.6. The predicted octanol–water partition coefficient (Wildman–Crippen LogP) is 1.85. The summed E-state index contributed by atoms with van der Waals surface area (Å²) in [6.07, 6.45) is 0.696. The van der Waals surface area contributed by atoms with Crippen LogP contribution in [0.1, 0.15) is 22.3 Å². The molecule has 6 nitrogen and oxygen atoms in total. The van der Waals surface area contributed by atoms with Crippen LogP contribution in [0.25, 0.3) is 0 Å². The Labute approximate surface area is 157 Å². The number of benzene rings is 2. The Kier molecular flexibility index (Phi) is 7.73. The van der Waals surface area contributed by atoms with E-state index in [2.05, 4.69) is 16.0 Å². The highest BCUT2D eigenvalue weighted by molar-refractivity contribution is 7.80. The van der Waals surface area contributed by atoms with Crippen molar-refractivity contribution in [2.75, 3.05) is 18.5 Å². The van der Waals surface area contributed by atoms with Crippen molar-refractivity contribution in [2.45, 2.75) is 12.8 Å². The molecule has 0 aliphatic rings. The van der Waals surface area contributed by atoms with E-state index < -0.39 is 0 Å². The third-order valence-electron chi connectivity index (χ3n) is 3.50. The summed E-state index contributed by atoms with van der Waals surface area (Å²) >= 11 is 5.17. The highest BCUT2D eigenvalue weighted by Crippen LogP contribution is 2.14. The van der Waals surface area contributed by atoms with Gasteiger partial charge in [0, 0.05) is 13.2 Å². The van der Waals surface area contributed by atoms with Gasteiger partial charge in [-0.1, -0.05) is 42.5 Å². The number of thiocarbonyl (C=S) groups is 1. The predicted molar refractivity (Wildman–Crippen MR) is 105 cm³/mol. The maximum atomic E-state index is 12.2. The van der Waals surface area contributed by atoms with E-state index in [0.29, 0.717) is 24.2 Å². The van der Waals surface area contributed by atoms with Crippen LogP contribution >= 0.6 is 12.2 Å². The average Bonchev–Trinajstić information content (AvgIpc) is 2.63. The number of para-hydroxylation sites is 1. The molecule has 26 heavy (non-hydrogen) atoms. The number of aliphatic hydroxyl groups excluding tert-OH is 1. The molecule has 0 heterocycles. The second kappa shape index (κ2) is 10.3. The number of nitrogens with one attached hydrogen (secondary N) is 3. The van der Waals surface area contributed by atoms with Crippen molar-refractivity contribution in [3.05, 3.63) is 65.7 Å². The van der Waals surface area contributed by atoms with Crippen molar-refractivity contribution in [1.29, 1.82) is 0 Å². The fraction of sp³-hybridized carbons (Fsp3) is 0.211. The third kappa shape index (κ3) is 6.27. The molecule has 136 valence electrons. The molecule has 2 aromatic rings. The zero-order valence-corrected chi connectivity index (χ0v) is 15.0. The molecular formula is C19H21N3O3S. The molecule has 4 N–H and O–H groups in total. The van der Waals surface area contributed by atoms with Gasteiger partial charge in [-0.3, -0.25) is 9.59 Å². The molecule has 2 rings (SSSR count). The number of amides is 2. The fourth-order valence-electron chi connectivity index (χ4n) is 2.27. The molecule has 0 aliphatic heterocycles. The summed E-state index contributed by atoms with van der Waals surface area (Å²) in [4.78, 5) is 24.3. The van der Waals surface area contributed by atoms with Gasteiger partial charge in [0.25, 0.3) is 5.91 Å². The molecule has 0 bridgehead atoms. The smallest absolute Gasteiger partial charge is 0.253 e. The minimum absolute atomic E-state index is 0.0116. The van der Waals surface area contributed by atoms with Crippen LogP contribution in [-0.2, 0) is 11.2 Å². The lowest BCUT2D eigenvalue weighted by molar-refractivity contribution is -0.119. The molecule has 0 unspecified atom stereocenters. The molecule has 0 aromatic heterocycles. The summed E-state index contributed by atoms with van der Waals surface area (Å²) in [5, 5.41) is 17.1. The molecule has 0 radical (unpaired) electrons. The van der Waals surface area contributed by atoms with Crippen molar-refractivity contribution >= 4 is 34.8 Å². The van der Waals surface area contributed by atoms with Gasteiger partial charge in [0.1, 0.15) is 0 Å². The molecule has 2 amide bonds. The van der Waals surface area contributed by atoms with E-state index in [4.69, 9.17) is 17.3 Å². The topological polar surface area (TPSA) is 90.5 Å². The molecule has 0 saturated heterocycles. The van der Waals surface area contributed by atoms with Gasteiger partial charge >= 0.3 is 0 Å². The molecule has 2 aromatic carbocycles. The van der Waals surface area contributed by atoms with E-state index in [0.717, 1.165) is 5.56 Å². The summed E-state index contributed by atoms with van der Waals surface area (Å²) in [5.41, 5.74) is 1.79. The Morgan fingerprint density at radius 1 is 1.00 bits per heavy atom. The number of rotatable bonds is 7. The number of hydrogen-bond acceptors (Lipinski definition) is 4. The van der Waals surface area contributed by atoms with Crippen LogP contribution in [0.3, 0.4) is 0 Å². The molecular weight excluding hydrogens is 350 g/mol. The van der Waals surface area contributed by atoms with E-state index in [1.165, 1.54) is 0 Å². The van der Waals surface area contributed by atoms with Crippen LogP contribution < -0.4 is 16.0 Å². The monoisotopic (exact) mass is 371 g/mol. The SMILES string of the molecule is O=C(Cc1ccccc1)NC(=S)Nc1ccccc1C(=O)NCCCO. The molecule has 7 heteroatoms. The number of anilines is 1. The van der Waals surface area contributed by atoms with E-state index in [1.54, 1.807) is 24.3 Å². The number of carbonyl (C=O) groups excluding carboxylic acids is 2. The third-order valence-corrected chi connectivity index (χ3v) is 3.70. The second-order valence-electron chi connectivity index (χ2n) is 5.54. The van der Waals surface area contributed by atoms with E-state index in [-0.39, 0.29) is 30.0 Å². The first-order valence-corrected chi connectivity index (χ1v) is 8.64. The molecule has 0 atom stereocenters. The molecule has 0 fully saturated rings. The zero-order chi connectivity index (χ0) is 18.8. The normalized spacial score (nSPS) is 10.0. The second-order valence-corrected chi connectivity index (χ2v) is 5.95. The highest BCUT2D eigenvalue weighted by Gasteiger charge is 2.12. The maximum Gasteiger partial charge on any atom is 0.253 e. The Bertz CT molecular complexity index is 766. The number of carbonyl (C=O) groups is 2. The van der Waals surface area contributed by atoms with Crippen molar-refractivity contribution in [3.8, 4) is 0 Å². The van der Waals surface area contributed by atoms with Gasteiger partial charge in [-0.2, -0.15) is 0 Å². The Balaban J connectivity index is 1.94. The number of hydrogen-bond donors (Lipinski definition) is 4. The van der Waals surface area contributed by atoms with E-state index in [1.807, 2.05) is 30.3 Å². The van der Waals surface area contributed by atoms with Gasteiger partial charge in [0.05, 0.1) is 17.7 Å². The van der Waals surface area contributed by atoms with E-state index >= 15 is 0 Å². The van der Waals surface area contributed by atoms with Crippen LogP contribution in [0.2, 0.25) is 0 Å². The fourth-order valence-corrected chi connectivity index (χ4v) is 2.50. The number of aliphatic hydroxyl groups is 1. The van der Waals surface area contributed by atoms with Crippen LogP contribution in [0, 0.1) is 0 Å². The Hall–Kier alpha value is -2.77. The van der Waals surface area contributed by atoms with E-state index in [9.17, 15) is 9.59 Å². The lowest BCUT2D eigenvalue weighted by Crippen LogP contribution is -2.36. The Morgan fingerprint density at radius 3 is 2.42 bits per heavy atom. The van der Waals surface area contributed by atoms with Crippen molar-refractivity contribution in [3.63, 3.8) is 0 Å². The highest BCUT2D eigenvalue weighted by atomic mass is 32.1. The average molecular weight is 371 g/mol. The van der Waals surface area contributed by atoms with Crippen LogP contribution in [0.4, 0.5) is 5.69 Å². The van der Waals surface area contributed by atoms with Crippen LogP contribution in [0.5, 0.6) is 0 Å². The standard InChI is InChI=1S/C19H21N3O3S/c23-12-6-11-20-18(25)15-9-4-5-10-16(15)21-19(26)22-17(24)13-14-7-2-1-3-8-14/h1-5,7-10,23H,6,11-13H2,(H,20,25)(H2,21,22,24,26). The van der Waals surface area contributed by atoms with Gasteiger partial charge in [0.2, 0.25) is 5.91 Å². The molecule has 0 spiro atoms. The van der Waals surface area contributed by atoms with Gasteiger partial charge in [-0.15, -0.1) is 0 Å². The minimum Gasteiger partial charge on any atom is -0.396 e. The maximum absolute atomic E-state index is 12.2. The van der Waals surface area contributed by atoms with Gasteiger partial charge < -0.3 is 21.1 Å². The summed E-state index contributed by atoms with van der Waals surface area (Å²) < 4.78 is 0. The van der Waals surface area contributed by atoms with Crippen molar-refractivity contribution in [2.24, 2.45) is 0 Å². The van der Waals surface area contributed by atoms with Crippen LogP contribution in [-0.4, -0.2) is 35.2 Å². The quantitative estimate of drug-likeness (QED) is 0.441. The van der Waals surface area contributed by atoms with Gasteiger partial charge in [-0.05, 0) is 36.3 Å². The lowest BCUT2D eigenvalue weighted by atomic mass is 10.1. The summed E-state index contributed by atoms with van der Waals surface area (Å²) in [5.74, 6) is -0.515. The first-order chi connectivity index (χ1) is 12.6. The van der Waals surface area contributed by atoms with Crippen LogP contribution in [0.15, 0.2) is 54.6 Å². The molecule has 0 saturated carbocycles. The minimum atomic E-state index is -0.278. The summed E-state index contributed by atoms with van der Waals surface area (Å²) in [7, 11) is 0. The Morgan fingerprint density at radius 2 is 1.69 bits per heavy atom. The lowest BCUT2D eigenvalue weighted by Gasteiger charge is -2.13. The van der Waals surface area contributed by atoms with Crippen molar-refractivity contribution < 1.29 is 14.7 Å². The zero-order valence-electron chi connectivity index (χ0n) is 14.2. The largest absolute Gasteiger partial charge is 0.396 e. The molecule has 0 aliphatic carbocycles.